The van der Waals surface area contributed by atoms with Gasteiger partial charge in [-0.2, -0.15) is 0 Å². The van der Waals surface area contributed by atoms with Crippen molar-refractivity contribution >= 4 is 0 Å². The molecule has 0 heterocycles. The van der Waals surface area contributed by atoms with Gasteiger partial charge in [0.05, 0.1) is 0 Å². The molecule has 2 aromatic rings. The molecule has 0 spiro atoms. The minimum absolute atomic E-state index is 0.287. The van der Waals surface area contributed by atoms with Gasteiger partial charge in [0.2, 0.25) is 0 Å². The summed E-state index contributed by atoms with van der Waals surface area (Å²) in [6, 6.07) is 11.0. The number of aryl methyl sites for hydroxylation is 1. The maximum atomic E-state index is 13.5. The van der Waals surface area contributed by atoms with Crippen LogP contribution in [0.4, 0.5) is 8.78 Å². The summed E-state index contributed by atoms with van der Waals surface area (Å²) >= 11 is 0. The average Bonchev–Trinajstić information content (AvgIpc) is 2.43. The molecular weight excluding hydrogens is 244 g/mol. The van der Waals surface area contributed by atoms with Crippen molar-refractivity contribution in [3.05, 3.63) is 70.8 Å². The van der Waals surface area contributed by atoms with Crippen LogP contribution in [0.2, 0.25) is 0 Å². The lowest BCUT2D eigenvalue weighted by molar-refractivity contribution is 0.572. The Morgan fingerprint density at radius 2 is 1.74 bits per heavy atom. The topological polar surface area (TPSA) is 26.0 Å². The van der Waals surface area contributed by atoms with Crippen LogP contribution in [-0.2, 0) is 12.8 Å². The molecule has 1 unspecified atom stereocenters. The highest BCUT2D eigenvalue weighted by Gasteiger charge is 2.11. The van der Waals surface area contributed by atoms with Crippen molar-refractivity contribution in [3.63, 3.8) is 0 Å². The lowest BCUT2D eigenvalue weighted by atomic mass is 9.98. The zero-order chi connectivity index (χ0) is 13.8. The quantitative estimate of drug-likeness (QED) is 0.890. The van der Waals surface area contributed by atoms with Crippen molar-refractivity contribution in [2.45, 2.75) is 25.8 Å². The molecule has 0 radical (unpaired) electrons. The highest BCUT2D eigenvalue weighted by molar-refractivity contribution is 5.27. The molecule has 1 nitrogen and oxygen atoms in total. The minimum Gasteiger partial charge on any atom is -0.324 e. The van der Waals surface area contributed by atoms with Crippen LogP contribution in [0.15, 0.2) is 42.5 Å². The van der Waals surface area contributed by atoms with E-state index in [1.807, 2.05) is 24.3 Å². The molecule has 0 aliphatic heterocycles. The Morgan fingerprint density at radius 3 is 2.37 bits per heavy atom. The molecule has 0 bridgehead atoms. The van der Waals surface area contributed by atoms with Gasteiger partial charge in [0.25, 0.3) is 0 Å². The standard InChI is InChI=1S/C16H17F2N/c1-2-11-3-5-12(6-4-11)16(19)10-13-9-14(17)7-8-15(13)18/h3-9,16H,2,10,19H2,1H3. The van der Waals surface area contributed by atoms with Crippen molar-refractivity contribution in [2.75, 3.05) is 0 Å². The number of nitrogens with two attached hydrogens (primary N) is 1. The highest BCUT2D eigenvalue weighted by Crippen LogP contribution is 2.19. The molecule has 0 saturated carbocycles. The first-order valence-corrected chi connectivity index (χ1v) is 6.38. The van der Waals surface area contributed by atoms with Gasteiger partial charge in [0.1, 0.15) is 11.6 Å². The van der Waals surface area contributed by atoms with E-state index >= 15 is 0 Å². The maximum absolute atomic E-state index is 13.5. The molecule has 3 heteroatoms. The second-order valence-corrected chi connectivity index (χ2v) is 4.64. The fourth-order valence-electron chi connectivity index (χ4n) is 2.06. The molecular formula is C16H17F2N. The van der Waals surface area contributed by atoms with E-state index in [1.54, 1.807) is 0 Å². The Morgan fingerprint density at radius 1 is 1.05 bits per heavy atom. The smallest absolute Gasteiger partial charge is 0.126 e. The molecule has 2 N–H and O–H groups in total. The second-order valence-electron chi connectivity index (χ2n) is 4.64. The van der Waals surface area contributed by atoms with Crippen molar-refractivity contribution in [1.82, 2.24) is 0 Å². The summed E-state index contributed by atoms with van der Waals surface area (Å²) in [6.45, 7) is 2.08. The summed E-state index contributed by atoms with van der Waals surface area (Å²) in [5.41, 5.74) is 8.52. The number of hydrogen-bond donors (Lipinski definition) is 1. The lowest BCUT2D eigenvalue weighted by Gasteiger charge is -2.13. The van der Waals surface area contributed by atoms with Gasteiger partial charge in [-0.3, -0.25) is 0 Å². The van der Waals surface area contributed by atoms with E-state index in [0.717, 1.165) is 24.1 Å². The Hall–Kier alpha value is -1.74. The first-order valence-electron chi connectivity index (χ1n) is 6.38. The summed E-state index contributed by atoms with van der Waals surface area (Å²) in [4.78, 5) is 0. The molecule has 1 atom stereocenters. The zero-order valence-electron chi connectivity index (χ0n) is 10.9. The Bertz CT molecular complexity index is 549. The molecule has 0 aromatic heterocycles. The first-order chi connectivity index (χ1) is 9.10. The van der Waals surface area contributed by atoms with Crippen molar-refractivity contribution in [3.8, 4) is 0 Å². The molecule has 0 aliphatic carbocycles. The van der Waals surface area contributed by atoms with Crippen molar-refractivity contribution in [2.24, 2.45) is 5.73 Å². The molecule has 100 valence electrons. The van der Waals surface area contributed by atoms with Crippen LogP contribution in [0, 0.1) is 11.6 Å². The second kappa shape index (κ2) is 5.93. The molecule has 0 aliphatic rings. The van der Waals surface area contributed by atoms with Crippen LogP contribution < -0.4 is 5.73 Å². The van der Waals surface area contributed by atoms with E-state index < -0.39 is 11.6 Å². The highest BCUT2D eigenvalue weighted by atomic mass is 19.1. The summed E-state index contributed by atoms with van der Waals surface area (Å²) in [6.07, 6.45) is 1.25. The average molecular weight is 261 g/mol. The van der Waals surface area contributed by atoms with Gasteiger partial charge in [0, 0.05) is 6.04 Å². The third kappa shape index (κ3) is 3.38. The van der Waals surface area contributed by atoms with Crippen LogP contribution in [0.1, 0.15) is 29.7 Å². The number of benzene rings is 2. The summed E-state index contributed by atoms with van der Waals surface area (Å²) < 4.78 is 26.6. The Labute approximate surface area is 112 Å². The predicted molar refractivity (Wildman–Crippen MR) is 72.8 cm³/mol. The minimum atomic E-state index is -0.440. The van der Waals surface area contributed by atoms with Crippen LogP contribution >= 0.6 is 0 Å². The molecule has 2 aromatic carbocycles. The number of hydrogen-bond acceptors (Lipinski definition) is 1. The lowest BCUT2D eigenvalue weighted by Crippen LogP contribution is -2.14. The fourth-order valence-corrected chi connectivity index (χ4v) is 2.06. The fraction of sp³-hybridized carbons (Fsp3) is 0.250. The van der Waals surface area contributed by atoms with E-state index in [0.29, 0.717) is 5.56 Å². The van der Waals surface area contributed by atoms with Gasteiger partial charge in [-0.05, 0) is 47.7 Å². The van der Waals surface area contributed by atoms with E-state index in [4.69, 9.17) is 5.73 Å². The van der Waals surface area contributed by atoms with Crippen LogP contribution in [0.5, 0.6) is 0 Å². The van der Waals surface area contributed by atoms with E-state index in [9.17, 15) is 8.78 Å². The van der Waals surface area contributed by atoms with Crippen LogP contribution in [-0.4, -0.2) is 0 Å². The molecule has 0 saturated heterocycles. The number of rotatable bonds is 4. The van der Waals surface area contributed by atoms with E-state index in [1.165, 1.54) is 11.6 Å². The van der Waals surface area contributed by atoms with Crippen LogP contribution in [0.3, 0.4) is 0 Å². The summed E-state index contributed by atoms with van der Waals surface area (Å²) in [5, 5.41) is 0. The van der Waals surface area contributed by atoms with Gasteiger partial charge < -0.3 is 5.73 Å². The Balaban J connectivity index is 2.15. The van der Waals surface area contributed by atoms with E-state index in [-0.39, 0.29) is 12.5 Å². The van der Waals surface area contributed by atoms with Crippen molar-refractivity contribution < 1.29 is 8.78 Å². The third-order valence-electron chi connectivity index (χ3n) is 3.26. The van der Waals surface area contributed by atoms with Crippen molar-refractivity contribution in [1.29, 1.82) is 0 Å². The van der Waals surface area contributed by atoms with Crippen LogP contribution in [0.25, 0.3) is 0 Å². The zero-order valence-corrected chi connectivity index (χ0v) is 10.9. The van der Waals surface area contributed by atoms with Gasteiger partial charge in [-0.25, -0.2) is 8.78 Å². The van der Waals surface area contributed by atoms with E-state index in [2.05, 4.69) is 6.92 Å². The monoisotopic (exact) mass is 261 g/mol. The van der Waals surface area contributed by atoms with Gasteiger partial charge in [-0.1, -0.05) is 31.2 Å². The first kappa shape index (κ1) is 13.7. The van der Waals surface area contributed by atoms with Gasteiger partial charge in [-0.15, -0.1) is 0 Å². The molecule has 2 rings (SSSR count). The predicted octanol–water partition coefficient (Wildman–Crippen LogP) is 3.77. The van der Waals surface area contributed by atoms with Gasteiger partial charge in [0.15, 0.2) is 0 Å². The Kier molecular flexibility index (Phi) is 4.27. The molecule has 19 heavy (non-hydrogen) atoms. The molecule has 0 fully saturated rings. The number of halogens is 2. The largest absolute Gasteiger partial charge is 0.324 e. The van der Waals surface area contributed by atoms with Gasteiger partial charge >= 0.3 is 0 Å². The molecule has 0 amide bonds. The normalized spacial score (nSPS) is 12.4. The summed E-state index contributed by atoms with van der Waals surface area (Å²) in [5.74, 6) is -0.855. The maximum Gasteiger partial charge on any atom is 0.126 e. The SMILES string of the molecule is CCc1ccc(C(N)Cc2cc(F)ccc2F)cc1. The third-order valence-corrected chi connectivity index (χ3v) is 3.26. The summed E-state index contributed by atoms with van der Waals surface area (Å²) in [7, 11) is 0.